The van der Waals surface area contributed by atoms with Gasteiger partial charge in [0.2, 0.25) is 0 Å². The van der Waals surface area contributed by atoms with E-state index in [2.05, 4.69) is 0 Å². The first-order chi connectivity index (χ1) is 13.7. The molecule has 4 rings (SSSR count). The van der Waals surface area contributed by atoms with Gasteiger partial charge >= 0.3 is 0 Å². The molecule has 2 aliphatic rings. The molecule has 0 bridgehead atoms. The van der Waals surface area contributed by atoms with Crippen molar-refractivity contribution < 1.29 is 14.3 Å². The summed E-state index contributed by atoms with van der Waals surface area (Å²) in [5.41, 5.74) is 0.722. The SMILES string of the molecule is O=C(c1ccc(OCC2CCCN(C(=O)c3cccs3)C2)cc1)N1CCCC1. The largest absolute Gasteiger partial charge is 0.493 e. The average Bonchev–Trinajstić information content (AvgIpc) is 3.46. The fourth-order valence-electron chi connectivity index (χ4n) is 3.95. The Morgan fingerprint density at radius 2 is 1.71 bits per heavy atom. The van der Waals surface area contributed by atoms with Crippen molar-refractivity contribution in [1.29, 1.82) is 0 Å². The molecule has 5 nitrogen and oxygen atoms in total. The molecule has 1 unspecified atom stereocenters. The van der Waals surface area contributed by atoms with Crippen molar-refractivity contribution in [2.24, 2.45) is 5.92 Å². The molecular weight excluding hydrogens is 372 g/mol. The van der Waals surface area contributed by atoms with E-state index in [0.29, 0.717) is 12.5 Å². The lowest BCUT2D eigenvalue weighted by atomic mass is 9.99. The highest BCUT2D eigenvalue weighted by Crippen LogP contribution is 2.22. The first-order valence-electron chi connectivity index (χ1n) is 10.1. The first kappa shape index (κ1) is 19.0. The zero-order valence-corrected chi connectivity index (χ0v) is 16.8. The van der Waals surface area contributed by atoms with Gasteiger partial charge in [0.05, 0.1) is 11.5 Å². The van der Waals surface area contributed by atoms with Gasteiger partial charge in [0, 0.05) is 37.7 Å². The number of ether oxygens (including phenoxy) is 1. The van der Waals surface area contributed by atoms with E-state index < -0.39 is 0 Å². The molecule has 0 saturated carbocycles. The predicted octanol–water partition coefficient (Wildman–Crippen LogP) is 3.92. The zero-order valence-electron chi connectivity index (χ0n) is 16.0. The number of nitrogens with zero attached hydrogens (tertiary/aromatic N) is 2. The van der Waals surface area contributed by atoms with Crippen LogP contribution in [-0.2, 0) is 0 Å². The Labute approximate surface area is 169 Å². The molecule has 2 aromatic rings. The minimum Gasteiger partial charge on any atom is -0.493 e. The molecule has 1 aromatic heterocycles. The smallest absolute Gasteiger partial charge is 0.263 e. The summed E-state index contributed by atoms with van der Waals surface area (Å²) in [4.78, 5) is 29.6. The van der Waals surface area contributed by atoms with E-state index in [0.717, 1.165) is 68.1 Å². The molecule has 2 fully saturated rings. The quantitative estimate of drug-likeness (QED) is 0.767. The van der Waals surface area contributed by atoms with Crippen LogP contribution in [0.3, 0.4) is 0 Å². The Balaban J connectivity index is 1.29. The Kier molecular flexibility index (Phi) is 5.95. The number of amides is 2. The van der Waals surface area contributed by atoms with Gasteiger partial charge in [0.1, 0.15) is 5.75 Å². The van der Waals surface area contributed by atoms with E-state index in [9.17, 15) is 9.59 Å². The molecule has 1 atom stereocenters. The number of likely N-dealkylation sites (tertiary alicyclic amines) is 2. The summed E-state index contributed by atoms with van der Waals surface area (Å²) in [5, 5.41) is 1.94. The van der Waals surface area contributed by atoms with Gasteiger partial charge in [0.15, 0.2) is 0 Å². The Morgan fingerprint density at radius 3 is 2.43 bits per heavy atom. The van der Waals surface area contributed by atoms with Gasteiger partial charge in [-0.2, -0.15) is 0 Å². The van der Waals surface area contributed by atoms with E-state index in [-0.39, 0.29) is 11.8 Å². The summed E-state index contributed by atoms with van der Waals surface area (Å²) in [6, 6.07) is 11.3. The molecule has 0 aliphatic carbocycles. The van der Waals surface area contributed by atoms with Crippen molar-refractivity contribution in [1.82, 2.24) is 9.80 Å². The summed E-state index contributed by atoms with van der Waals surface area (Å²) in [7, 11) is 0. The maximum absolute atomic E-state index is 12.6. The summed E-state index contributed by atoms with van der Waals surface area (Å²) < 4.78 is 5.96. The second-order valence-corrected chi connectivity index (χ2v) is 8.52. The summed E-state index contributed by atoms with van der Waals surface area (Å²) in [6.45, 7) is 3.87. The molecule has 2 aliphatic heterocycles. The van der Waals surface area contributed by atoms with Crippen molar-refractivity contribution in [2.45, 2.75) is 25.7 Å². The number of piperidine rings is 1. The van der Waals surface area contributed by atoms with E-state index in [4.69, 9.17) is 4.74 Å². The highest BCUT2D eigenvalue weighted by molar-refractivity contribution is 7.12. The van der Waals surface area contributed by atoms with Gasteiger partial charge in [-0.15, -0.1) is 11.3 Å². The van der Waals surface area contributed by atoms with E-state index in [1.807, 2.05) is 51.6 Å². The third kappa shape index (κ3) is 4.38. The second kappa shape index (κ2) is 8.78. The number of rotatable bonds is 5. The zero-order chi connectivity index (χ0) is 19.3. The van der Waals surface area contributed by atoms with E-state index in [1.165, 1.54) is 11.3 Å². The number of hydrogen-bond acceptors (Lipinski definition) is 4. The molecule has 0 N–H and O–H groups in total. The molecule has 6 heteroatoms. The summed E-state index contributed by atoms with van der Waals surface area (Å²) in [5.74, 6) is 1.35. The van der Waals surface area contributed by atoms with Crippen LogP contribution in [-0.4, -0.2) is 54.4 Å². The van der Waals surface area contributed by atoms with Crippen molar-refractivity contribution in [2.75, 3.05) is 32.8 Å². The number of carbonyl (C=O) groups excluding carboxylic acids is 2. The van der Waals surface area contributed by atoms with Crippen molar-refractivity contribution in [3.8, 4) is 5.75 Å². The van der Waals surface area contributed by atoms with Gasteiger partial charge < -0.3 is 14.5 Å². The van der Waals surface area contributed by atoms with Crippen molar-refractivity contribution >= 4 is 23.2 Å². The van der Waals surface area contributed by atoms with Crippen LogP contribution < -0.4 is 4.74 Å². The average molecular weight is 399 g/mol. The Morgan fingerprint density at radius 1 is 0.964 bits per heavy atom. The number of benzene rings is 1. The van der Waals surface area contributed by atoms with Gasteiger partial charge in [-0.1, -0.05) is 6.07 Å². The summed E-state index contributed by atoms with van der Waals surface area (Å²) >= 11 is 1.50. The molecule has 0 spiro atoms. The molecule has 2 saturated heterocycles. The van der Waals surface area contributed by atoms with Crippen LogP contribution in [0.5, 0.6) is 5.75 Å². The maximum Gasteiger partial charge on any atom is 0.263 e. The first-order valence-corrected chi connectivity index (χ1v) is 10.9. The lowest BCUT2D eigenvalue weighted by molar-refractivity contribution is 0.0638. The number of hydrogen-bond donors (Lipinski definition) is 0. The molecule has 148 valence electrons. The molecule has 28 heavy (non-hydrogen) atoms. The molecule has 3 heterocycles. The topological polar surface area (TPSA) is 49.9 Å². The standard InChI is InChI=1S/C22H26N2O3S/c25-21(23-11-1-2-12-23)18-7-9-19(10-8-18)27-16-17-5-3-13-24(15-17)22(26)20-6-4-14-28-20/h4,6-10,14,17H,1-3,5,11-13,15-16H2. The maximum atomic E-state index is 12.6. The van der Waals surface area contributed by atoms with Crippen LogP contribution in [0, 0.1) is 5.92 Å². The number of carbonyl (C=O) groups is 2. The molecule has 0 radical (unpaired) electrons. The highest BCUT2D eigenvalue weighted by Gasteiger charge is 2.25. The van der Waals surface area contributed by atoms with E-state index >= 15 is 0 Å². The lowest BCUT2D eigenvalue weighted by Crippen LogP contribution is -2.41. The monoisotopic (exact) mass is 398 g/mol. The predicted molar refractivity (Wildman–Crippen MR) is 110 cm³/mol. The second-order valence-electron chi connectivity index (χ2n) is 7.57. The third-order valence-corrected chi connectivity index (χ3v) is 6.38. The Bertz CT molecular complexity index is 798. The highest BCUT2D eigenvalue weighted by atomic mass is 32.1. The molecule has 1 aromatic carbocycles. The normalized spacial score (nSPS) is 19.6. The Hall–Kier alpha value is -2.34. The van der Waals surface area contributed by atoms with Gasteiger partial charge in [-0.3, -0.25) is 9.59 Å². The minimum atomic E-state index is 0.110. The van der Waals surface area contributed by atoms with Crippen LogP contribution in [0.2, 0.25) is 0 Å². The van der Waals surface area contributed by atoms with Crippen LogP contribution in [0.4, 0.5) is 0 Å². The number of thiophene rings is 1. The minimum absolute atomic E-state index is 0.110. The lowest BCUT2D eigenvalue weighted by Gasteiger charge is -2.32. The van der Waals surface area contributed by atoms with Crippen LogP contribution in [0.25, 0.3) is 0 Å². The fraction of sp³-hybridized carbons (Fsp3) is 0.455. The van der Waals surface area contributed by atoms with Gasteiger partial charge in [0.25, 0.3) is 11.8 Å². The van der Waals surface area contributed by atoms with Crippen LogP contribution in [0.15, 0.2) is 41.8 Å². The summed E-state index contributed by atoms with van der Waals surface area (Å²) in [6.07, 6.45) is 4.27. The van der Waals surface area contributed by atoms with Crippen LogP contribution in [0.1, 0.15) is 45.7 Å². The van der Waals surface area contributed by atoms with Crippen molar-refractivity contribution in [3.05, 3.63) is 52.2 Å². The van der Waals surface area contributed by atoms with Crippen LogP contribution >= 0.6 is 11.3 Å². The van der Waals surface area contributed by atoms with Gasteiger partial charge in [-0.05, 0) is 61.4 Å². The van der Waals surface area contributed by atoms with Gasteiger partial charge in [-0.25, -0.2) is 0 Å². The third-order valence-electron chi connectivity index (χ3n) is 5.52. The fourth-order valence-corrected chi connectivity index (χ4v) is 4.64. The van der Waals surface area contributed by atoms with E-state index in [1.54, 1.807) is 0 Å². The molecule has 2 amide bonds. The molecular formula is C22H26N2O3S. The van der Waals surface area contributed by atoms with Crippen molar-refractivity contribution in [3.63, 3.8) is 0 Å².